The number of aromatic nitrogens is 2. The summed E-state index contributed by atoms with van der Waals surface area (Å²) in [6.07, 6.45) is 0. The SMILES string of the molecule is Cc1nn(C)c(F)c1CNC(=O)C(C)(C)C. The first-order valence-electron chi connectivity index (χ1n) is 5.19. The number of nitrogens with one attached hydrogen (secondary N) is 1. The second-order valence-electron chi connectivity index (χ2n) is 4.91. The van der Waals surface area contributed by atoms with Crippen molar-refractivity contribution in [1.29, 1.82) is 0 Å². The number of halogens is 1. The third-order valence-corrected chi connectivity index (χ3v) is 2.38. The van der Waals surface area contributed by atoms with Gasteiger partial charge in [-0.2, -0.15) is 9.49 Å². The van der Waals surface area contributed by atoms with Crippen LogP contribution < -0.4 is 5.32 Å². The van der Waals surface area contributed by atoms with Gasteiger partial charge in [-0.3, -0.25) is 4.79 Å². The molecule has 0 unspecified atom stereocenters. The lowest BCUT2D eigenvalue weighted by molar-refractivity contribution is -0.128. The van der Waals surface area contributed by atoms with E-state index in [0.717, 1.165) is 0 Å². The summed E-state index contributed by atoms with van der Waals surface area (Å²) in [7, 11) is 1.54. The van der Waals surface area contributed by atoms with Crippen LogP contribution in [0, 0.1) is 18.3 Å². The lowest BCUT2D eigenvalue weighted by Crippen LogP contribution is -2.34. The third kappa shape index (κ3) is 2.59. The van der Waals surface area contributed by atoms with Gasteiger partial charge >= 0.3 is 0 Å². The number of amides is 1. The molecule has 0 aliphatic rings. The average Bonchev–Trinajstić information content (AvgIpc) is 2.37. The fraction of sp³-hybridized carbons (Fsp3) is 0.636. The maximum Gasteiger partial charge on any atom is 0.225 e. The van der Waals surface area contributed by atoms with Crippen molar-refractivity contribution in [3.8, 4) is 0 Å². The molecule has 1 aromatic heterocycles. The fourth-order valence-electron chi connectivity index (χ4n) is 1.31. The van der Waals surface area contributed by atoms with E-state index in [4.69, 9.17) is 0 Å². The summed E-state index contributed by atoms with van der Waals surface area (Å²) in [6.45, 7) is 7.35. The van der Waals surface area contributed by atoms with Gasteiger partial charge in [0.05, 0.1) is 5.69 Å². The van der Waals surface area contributed by atoms with Crippen molar-refractivity contribution >= 4 is 5.91 Å². The first-order valence-corrected chi connectivity index (χ1v) is 5.19. The highest BCUT2D eigenvalue weighted by Crippen LogP contribution is 2.15. The number of rotatable bonds is 2. The van der Waals surface area contributed by atoms with Crippen LogP contribution in [0.2, 0.25) is 0 Å². The molecule has 0 saturated carbocycles. The highest BCUT2D eigenvalue weighted by molar-refractivity contribution is 5.81. The predicted octanol–water partition coefficient (Wildman–Crippen LogP) is 1.53. The van der Waals surface area contributed by atoms with Crippen LogP contribution in [0.4, 0.5) is 4.39 Å². The van der Waals surface area contributed by atoms with Gasteiger partial charge in [-0.25, -0.2) is 4.68 Å². The van der Waals surface area contributed by atoms with Gasteiger partial charge in [-0.15, -0.1) is 0 Å². The second-order valence-corrected chi connectivity index (χ2v) is 4.91. The van der Waals surface area contributed by atoms with Crippen LogP contribution in [0.1, 0.15) is 32.0 Å². The Kier molecular flexibility index (Phi) is 3.35. The van der Waals surface area contributed by atoms with Crippen LogP contribution >= 0.6 is 0 Å². The summed E-state index contributed by atoms with van der Waals surface area (Å²) >= 11 is 0. The summed E-state index contributed by atoms with van der Waals surface area (Å²) in [5, 5.41) is 6.64. The monoisotopic (exact) mass is 227 g/mol. The largest absolute Gasteiger partial charge is 0.351 e. The Morgan fingerprint density at radius 2 is 2.06 bits per heavy atom. The molecule has 0 aliphatic heterocycles. The maximum atomic E-state index is 13.5. The van der Waals surface area contributed by atoms with E-state index in [1.165, 1.54) is 11.7 Å². The van der Waals surface area contributed by atoms with Gasteiger partial charge in [0.1, 0.15) is 0 Å². The molecule has 5 heteroatoms. The highest BCUT2D eigenvalue weighted by atomic mass is 19.1. The Bertz CT molecular complexity index is 404. The van der Waals surface area contributed by atoms with Crippen molar-refractivity contribution in [2.24, 2.45) is 12.5 Å². The van der Waals surface area contributed by atoms with Crippen LogP contribution in [0.3, 0.4) is 0 Å². The topological polar surface area (TPSA) is 46.9 Å². The number of hydrogen-bond acceptors (Lipinski definition) is 2. The van der Waals surface area contributed by atoms with Crippen LogP contribution in [0.5, 0.6) is 0 Å². The zero-order valence-corrected chi connectivity index (χ0v) is 10.4. The molecular formula is C11H18FN3O. The van der Waals surface area contributed by atoms with Crippen molar-refractivity contribution in [2.75, 3.05) is 0 Å². The average molecular weight is 227 g/mol. The quantitative estimate of drug-likeness (QED) is 0.832. The number of aryl methyl sites for hydroxylation is 2. The lowest BCUT2D eigenvalue weighted by Gasteiger charge is -2.17. The van der Waals surface area contributed by atoms with Gasteiger partial charge in [0.15, 0.2) is 0 Å². The minimum absolute atomic E-state index is 0.102. The molecule has 1 amide bonds. The van der Waals surface area contributed by atoms with Crippen molar-refractivity contribution in [1.82, 2.24) is 15.1 Å². The van der Waals surface area contributed by atoms with Crippen molar-refractivity contribution in [3.63, 3.8) is 0 Å². The van der Waals surface area contributed by atoms with E-state index in [-0.39, 0.29) is 12.5 Å². The smallest absolute Gasteiger partial charge is 0.225 e. The number of carbonyl (C=O) groups excluding carboxylic acids is 1. The maximum absolute atomic E-state index is 13.5. The molecule has 16 heavy (non-hydrogen) atoms. The molecule has 1 aromatic rings. The van der Waals surface area contributed by atoms with Crippen molar-refractivity contribution in [3.05, 3.63) is 17.2 Å². The molecule has 1 rings (SSSR count). The standard InChI is InChI=1S/C11H18FN3O/c1-7-8(9(12)15(5)14-7)6-13-10(16)11(2,3)4/h6H2,1-5H3,(H,13,16). The molecule has 0 radical (unpaired) electrons. The summed E-state index contributed by atoms with van der Waals surface area (Å²) in [5.74, 6) is -0.498. The minimum atomic E-state index is -0.466. The van der Waals surface area contributed by atoms with Crippen LogP contribution in [-0.4, -0.2) is 15.7 Å². The van der Waals surface area contributed by atoms with Gasteiger partial charge in [-0.05, 0) is 6.92 Å². The Labute approximate surface area is 94.8 Å². The highest BCUT2D eigenvalue weighted by Gasteiger charge is 2.22. The Morgan fingerprint density at radius 3 is 2.44 bits per heavy atom. The van der Waals surface area contributed by atoms with E-state index in [1.807, 2.05) is 20.8 Å². The first kappa shape index (κ1) is 12.7. The molecule has 0 atom stereocenters. The molecule has 0 saturated heterocycles. The molecule has 0 spiro atoms. The van der Waals surface area contributed by atoms with E-state index in [1.54, 1.807) is 6.92 Å². The van der Waals surface area contributed by atoms with Crippen molar-refractivity contribution < 1.29 is 9.18 Å². The van der Waals surface area contributed by atoms with Gasteiger partial charge in [0.25, 0.3) is 0 Å². The fourth-order valence-corrected chi connectivity index (χ4v) is 1.31. The molecule has 0 fully saturated rings. The molecule has 4 nitrogen and oxygen atoms in total. The zero-order valence-electron chi connectivity index (χ0n) is 10.4. The van der Waals surface area contributed by atoms with E-state index in [9.17, 15) is 9.18 Å². The van der Waals surface area contributed by atoms with Gasteiger partial charge in [-0.1, -0.05) is 20.8 Å². The molecule has 0 bridgehead atoms. The van der Waals surface area contributed by atoms with Crippen LogP contribution in [0.25, 0.3) is 0 Å². The summed E-state index contributed by atoms with van der Waals surface area (Å²) in [6, 6.07) is 0. The number of hydrogen-bond donors (Lipinski definition) is 1. The molecular weight excluding hydrogens is 209 g/mol. The van der Waals surface area contributed by atoms with Gasteiger partial charge in [0.2, 0.25) is 11.9 Å². The number of carbonyl (C=O) groups is 1. The van der Waals surface area contributed by atoms with E-state index in [2.05, 4.69) is 10.4 Å². The van der Waals surface area contributed by atoms with E-state index < -0.39 is 11.4 Å². The molecule has 1 N–H and O–H groups in total. The summed E-state index contributed by atoms with van der Waals surface area (Å²) in [4.78, 5) is 11.6. The van der Waals surface area contributed by atoms with Gasteiger partial charge < -0.3 is 5.32 Å². The lowest BCUT2D eigenvalue weighted by atomic mass is 9.95. The molecule has 1 heterocycles. The Morgan fingerprint density at radius 1 is 1.50 bits per heavy atom. The normalized spacial score (nSPS) is 11.6. The summed E-state index contributed by atoms with van der Waals surface area (Å²) in [5.41, 5.74) is 0.585. The zero-order chi connectivity index (χ0) is 12.5. The molecule has 0 aliphatic carbocycles. The molecule has 0 aromatic carbocycles. The van der Waals surface area contributed by atoms with Gasteiger partial charge in [0, 0.05) is 24.6 Å². The van der Waals surface area contributed by atoms with Crippen molar-refractivity contribution in [2.45, 2.75) is 34.2 Å². The molecule has 90 valence electrons. The first-order chi connectivity index (χ1) is 7.23. The minimum Gasteiger partial charge on any atom is -0.351 e. The Balaban J connectivity index is 2.72. The second kappa shape index (κ2) is 4.23. The van der Waals surface area contributed by atoms with E-state index in [0.29, 0.717) is 11.3 Å². The van der Waals surface area contributed by atoms with Crippen LogP contribution in [0.15, 0.2) is 0 Å². The Hall–Kier alpha value is -1.39. The third-order valence-electron chi connectivity index (χ3n) is 2.38. The summed E-state index contributed by atoms with van der Waals surface area (Å²) < 4.78 is 14.7. The predicted molar refractivity (Wildman–Crippen MR) is 59.2 cm³/mol. The van der Waals surface area contributed by atoms with E-state index >= 15 is 0 Å². The van der Waals surface area contributed by atoms with Crippen LogP contribution in [-0.2, 0) is 18.4 Å². The number of nitrogens with zero attached hydrogens (tertiary/aromatic N) is 2.